The van der Waals surface area contributed by atoms with E-state index in [0.29, 0.717) is 0 Å². The van der Waals surface area contributed by atoms with E-state index in [9.17, 15) is 4.79 Å². The van der Waals surface area contributed by atoms with Crippen molar-refractivity contribution in [2.75, 3.05) is 24.5 Å². The normalized spacial score (nSPS) is 19.6. The highest BCUT2D eigenvalue weighted by atomic mass is 16.2. The van der Waals surface area contributed by atoms with Crippen LogP contribution in [0.2, 0.25) is 0 Å². The van der Waals surface area contributed by atoms with E-state index in [1.807, 2.05) is 6.07 Å². The van der Waals surface area contributed by atoms with E-state index >= 15 is 0 Å². The lowest BCUT2D eigenvalue weighted by molar-refractivity contribution is -0.124. The van der Waals surface area contributed by atoms with E-state index in [0.717, 1.165) is 70.3 Å². The molecule has 4 N–H and O–H groups in total. The zero-order valence-electron chi connectivity index (χ0n) is 19.9. The van der Waals surface area contributed by atoms with Crippen LogP contribution in [0.3, 0.4) is 0 Å². The Bertz CT molecular complexity index is 1120. The first-order valence-electron chi connectivity index (χ1n) is 12.8. The minimum Gasteiger partial charge on any atom is -0.336 e. The number of rotatable bonds is 8. The van der Waals surface area contributed by atoms with Crippen molar-refractivity contribution >= 4 is 22.4 Å². The number of nitrogens with two attached hydrogens (primary N) is 1. The van der Waals surface area contributed by atoms with E-state index < -0.39 is 5.54 Å². The van der Waals surface area contributed by atoms with Crippen molar-refractivity contribution in [2.24, 2.45) is 5.73 Å². The molecule has 0 radical (unpaired) electrons. The van der Waals surface area contributed by atoms with Gasteiger partial charge in [0.1, 0.15) is 11.7 Å². The lowest BCUT2D eigenvalue weighted by Gasteiger charge is -2.42. The summed E-state index contributed by atoms with van der Waals surface area (Å²) in [5.74, 6) is 0.171. The average molecular weight is 457 g/mol. The van der Waals surface area contributed by atoms with Crippen molar-refractivity contribution in [1.82, 2.24) is 10.6 Å². The van der Waals surface area contributed by atoms with Gasteiger partial charge in [0.05, 0.1) is 0 Å². The molecule has 0 aromatic heterocycles. The van der Waals surface area contributed by atoms with Crippen LogP contribution in [0.5, 0.6) is 0 Å². The topological polar surface area (TPSA) is 70.4 Å². The number of hydrogen-bond acceptors (Lipinski definition) is 4. The van der Waals surface area contributed by atoms with Crippen LogP contribution in [0.4, 0.5) is 5.69 Å². The molecule has 1 spiro atoms. The highest BCUT2D eigenvalue weighted by Gasteiger charge is 2.53. The summed E-state index contributed by atoms with van der Waals surface area (Å²) in [7, 11) is 0. The third-order valence-corrected chi connectivity index (χ3v) is 7.55. The number of amides is 1. The number of nitrogens with one attached hydrogen (secondary N) is 2. The van der Waals surface area contributed by atoms with Gasteiger partial charge in [0, 0.05) is 12.1 Å². The SMILES string of the molecule is NCCCCCc1cc(CC2NC(=O)C3(CCNCC3)N2c2ccccc2)c2ccccc2c1. The predicted octanol–water partition coefficient (Wildman–Crippen LogP) is 4.14. The molecule has 1 amide bonds. The van der Waals surface area contributed by atoms with Crippen molar-refractivity contribution in [3.63, 3.8) is 0 Å². The first kappa shape index (κ1) is 22.9. The first-order valence-corrected chi connectivity index (χ1v) is 12.8. The Kier molecular flexibility index (Phi) is 6.84. The van der Waals surface area contributed by atoms with Crippen molar-refractivity contribution in [1.29, 1.82) is 0 Å². The van der Waals surface area contributed by atoms with Gasteiger partial charge in [-0.2, -0.15) is 0 Å². The van der Waals surface area contributed by atoms with Crippen LogP contribution < -0.4 is 21.3 Å². The molecular weight excluding hydrogens is 420 g/mol. The van der Waals surface area contributed by atoms with Gasteiger partial charge in [-0.05, 0) is 85.8 Å². The minimum atomic E-state index is -0.479. The Labute approximate surface area is 202 Å². The molecule has 5 rings (SSSR count). The molecule has 3 aromatic carbocycles. The lowest BCUT2D eigenvalue weighted by atomic mass is 9.86. The maximum absolute atomic E-state index is 13.5. The van der Waals surface area contributed by atoms with Gasteiger partial charge >= 0.3 is 0 Å². The molecule has 3 aromatic rings. The number of carbonyl (C=O) groups is 1. The summed E-state index contributed by atoms with van der Waals surface area (Å²) < 4.78 is 0. The molecule has 0 aliphatic carbocycles. The lowest BCUT2D eigenvalue weighted by Crippen LogP contribution is -2.57. The second-order valence-electron chi connectivity index (χ2n) is 9.76. The molecule has 2 saturated heterocycles. The smallest absolute Gasteiger partial charge is 0.247 e. The second-order valence-corrected chi connectivity index (χ2v) is 9.76. The molecular formula is C29H36N4O. The molecule has 5 heteroatoms. The summed E-state index contributed by atoms with van der Waals surface area (Å²) in [6, 6.07) is 23.8. The summed E-state index contributed by atoms with van der Waals surface area (Å²) in [6.45, 7) is 2.49. The molecule has 1 unspecified atom stereocenters. The molecule has 2 fully saturated rings. The van der Waals surface area contributed by atoms with Gasteiger partial charge in [0.15, 0.2) is 0 Å². The maximum Gasteiger partial charge on any atom is 0.247 e. The van der Waals surface area contributed by atoms with Crippen molar-refractivity contribution in [3.8, 4) is 0 Å². The van der Waals surface area contributed by atoms with Gasteiger partial charge in [-0.25, -0.2) is 0 Å². The van der Waals surface area contributed by atoms with Crippen LogP contribution in [-0.4, -0.2) is 37.2 Å². The fourth-order valence-corrected chi connectivity index (χ4v) is 5.85. The largest absolute Gasteiger partial charge is 0.336 e. The third-order valence-electron chi connectivity index (χ3n) is 7.55. The van der Waals surface area contributed by atoms with Gasteiger partial charge in [0.25, 0.3) is 0 Å². The Hall–Kier alpha value is -2.89. The molecule has 178 valence electrons. The van der Waals surface area contributed by atoms with E-state index in [4.69, 9.17) is 5.73 Å². The van der Waals surface area contributed by atoms with Crippen molar-refractivity contribution < 1.29 is 4.79 Å². The number of fused-ring (bicyclic) bond motifs is 1. The van der Waals surface area contributed by atoms with E-state index in [1.165, 1.54) is 21.9 Å². The number of aryl methyl sites for hydroxylation is 1. The summed E-state index contributed by atoms with van der Waals surface area (Å²) in [5.41, 5.74) is 9.01. The van der Waals surface area contributed by atoms with Gasteiger partial charge in [-0.3, -0.25) is 4.79 Å². The van der Waals surface area contributed by atoms with Crippen LogP contribution in [0.15, 0.2) is 66.7 Å². The van der Waals surface area contributed by atoms with Crippen LogP contribution in [0.25, 0.3) is 10.8 Å². The second kappa shape index (κ2) is 10.2. The van der Waals surface area contributed by atoms with Crippen LogP contribution in [0, 0.1) is 0 Å². The number of anilines is 1. The molecule has 0 bridgehead atoms. The summed E-state index contributed by atoms with van der Waals surface area (Å²) in [5, 5.41) is 9.40. The third kappa shape index (κ3) is 4.42. The van der Waals surface area contributed by atoms with E-state index in [2.05, 4.69) is 76.2 Å². The molecule has 2 aliphatic rings. The number of para-hydroxylation sites is 1. The molecule has 2 aliphatic heterocycles. The molecule has 5 nitrogen and oxygen atoms in total. The Morgan fingerprint density at radius 1 is 0.941 bits per heavy atom. The van der Waals surface area contributed by atoms with Gasteiger partial charge < -0.3 is 21.3 Å². The fraction of sp³-hybridized carbons (Fsp3) is 0.414. The number of piperidine rings is 1. The van der Waals surface area contributed by atoms with E-state index in [-0.39, 0.29) is 12.1 Å². The summed E-state index contributed by atoms with van der Waals surface area (Å²) in [4.78, 5) is 15.9. The zero-order valence-corrected chi connectivity index (χ0v) is 19.9. The van der Waals surface area contributed by atoms with Gasteiger partial charge in [-0.15, -0.1) is 0 Å². The summed E-state index contributed by atoms with van der Waals surface area (Å²) >= 11 is 0. The Balaban J connectivity index is 1.50. The highest BCUT2D eigenvalue weighted by molar-refractivity contribution is 5.94. The number of benzene rings is 3. The summed E-state index contributed by atoms with van der Waals surface area (Å²) in [6.07, 6.45) is 6.83. The Morgan fingerprint density at radius 2 is 1.71 bits per heavy atom. The number of unbranched alkanes of at least 4 members (excludes halogenated alkanes) is 2. The molecule has 1 atom stereocenters. The maximum atomic E-state index is 13.5. The fourth-order valence-electron chi connectivity index (χ4n) is 5.85. The number of carbonyl (C=O) groups excluding carboxylic acids is 1. The molecule has 0 saturated carbocycles. The van der Waals surface area contributed by atoms with Crippen molar-refractivity contribution in [3.05, 3.63) is 77.9 Å². The van der Waals surface area contributed by atoms with Crippen LogP contribution in [0.1, 0.15) is 43.2 Å². The quantitative estimate of drug-likeness (QED) is 0.446. The average Bonchev–Trinajstić information content (AvgIpc) is 3.12. The first-order chi connectivity index (χ1) is 16.7. The number of nitrogens with zero attached hydrogens (tertiary/aromatic N) is 1. The molecule has 34 heavy (non-hydrogen) atoms. The van der Waals surface area contributed by atoms with E-state index in [1.54, 1.807) is 0 Å². The van der Waals surface area contributed by atoms with Gasteiger partial charge in [-0.1, -0.05) is 61.0 Å². The van der Waals surface area contributed by atoms with Crippen LogP contribution >= 0.6 is 0 Å². The standard InChI is InChI=1S/C29H36N4O/c30-16-8-2-3-9-22-19-23-10-6-7-13-26(23)24(20-22)21-27-32-28(34)29(14-17-31-18-15-29)33(27)25-11-4-1-5-12-25/h1,4-7,10-13,19-20,27,31H,2-3,8-9,14-18,21,30H2,(H,32,34). The molecule has 2 heterocycles. The number of hydrogen-bond donors (Lipinski definition) is 3. The zero-order chi connectivity index (χ0) is 23.4. The highest BCUT2D eigenvalue weighted by Crippen LogP contribution is 2.38. The monoisotopic (exact) mass is 456 g/mol. The van der Waals surface area contributed by atoms with Gasteiger partial charge in [0.2, 0.25) is 5.91 Å². The van der Waals surface area contributed by atoms with Crippen LogP contribution in [-0.2, 0) is 17.6 Å². The Morgan fingerprint density at radius 3 is 2.50 bits per heavy atom. The minimum absolute atomic E-state index is 0.0658. The van der Waals surface area contributed by atoms with Crippen molar-refractivity contribution in [2.45, 2.75) is 56.7 Å². The predicted molar refractivity (Wildman–Crippen MR) is 140 cm³/mol.